The Kier molecular flexibility index (Phi) is 8.78. The summed E-state index contributed by atoms with van der Waals surface area (Å²) in [5, 5.41) is 13.8. The molecule has 1 amide bonds. The second-order valence-electron chi connectivity index (χ2n) is 9.63. The number of nitrogens with zero attached hydrogens (tertiary/aromatic N) is 1. The van der Waals surface area contributed by atoms with Gasteiger partial charge < -0.3 is 33.9 Å². The zero-order valence-electron chi connectivity index (χ0n) is 22.5. The molecule has 0 saturated carbocycles. The standard InChI is InChI=1S/C29H36N2O7/c1-5-14-36-21-10-8-19(17-23(21)35-6-2)26-25(28(33)29(34)31(26)13-7-12-30(3)4)27(32)20-9-11-22-24(18-20)38-16-15-37-22/h8-11,17-18,26,32H,5-7,12-16H2,1-4H3. The lowest BCUT2D eigenvalue weighted by Gasteiger charge is -2.28. The average molecular weight is 525 g/mol. The summed E-state index contributed by atoms with van der Waals surface area (Å²) in [6.45, 7) is 6.78. The van der Waals surface area contributed by atoms with Crippen LogP contribution in [0.5, 0.6) is 23.0 Å². The third kappa shape index (κ3) is 5.72. The van der Waals surface area contributed by atoms with Crippen molar-refractivity contribution in [2.75, 3.05) is 53.6 Å². The molecule has 0 bridgehead atoms. The fourth-order valence-electron chi connectivity index (χ4n) is 4.68. The number of rotatable bonds is 11. The van der Waals surface area contributed by atoms with Gasteiger partial charge in [0.25, 0.3) is 5.91 Å². The molecule has 38 heavy (non-hydrogen) atoms. The van der Waals surface area contributed by atoms with Crippen LogP contribution in [0.3, 0.4) is 0 Å². The van der Waals surface area contributed by atoms with E-state index >= 15 is 0 Å². The van der Waals surface area contributed by atoms with Crippen molar-refractivity contribution in [3.8, 4) is 23.0 Å². The molecule has 0 aliphatic carbocycles. The molecule has 2 aromatic carbocycles. The van der Waals surface area contributed by atoms with E-state index in [0.29, 0.717) is 68.0 Å². The van der Waals surface area contributed by atoms with Crippen molar-refractivity contribution in [1.29, 1.82) is 0 Å². The van der Waals surface area contributed by atoms with Gasteiger partial charge in [-0.1, -0.05) is 24.8 Å². The summed E-state index contributed by atoms with van der Waals surface area (Å²) in [5.41, 5.74) is 0.811. The van der Waals surface area contributed by atoms with Crippen molar-refractivity contribution in [3.05, 3.63) is 53.1 Å². The van der Waals surface area contributed by atoms with E-state index in [2.05, 4.69) is 0 Å². The van der Waals surface area contributed by atoms with Crippen LogP contribution in [0.15, 0.2) is 42.0 Å². The average Bonchev–Trinajstić information content (AvgIpc) is 3.16. The highest BCUT2D eigenvalue weighted by atomic mass is 16.6. The van der Waals surface area contributed by atoms with Crippen LogP contribution < -0.4 is 29.0 Å². The quantitative estimate of drug-likeness (QED) is 0.269. The number of amides is 1. The molecule has 2 aliphatic rings. The summed E-state index contributed by atoms with van der Waals surface area (Å²) in [5.74, 6) is 0.114. The largest absolute Gasteiger partial charge is 0.872 e. The van der Waals surface area contributed by atoms with E-state index < -0.39 is 23.5 Å². The van der Waals surface area contributed by atoms with Gasteiger partial charge in [-0.25, -0.2) is 0 Å². The first-order valence-electron chi connectivity index (χ1n) is 13.2. The van der Waals surface area contributed by atoms with Crippen LogP contribution in [0, 0.1) is 0 Å². The summed E-state index contributed by atoms with van der Waals surface area (Å²) < 4.78 is 22.9. The zero-order chi connectivity index (χ0) is 27.2. The van der Waals surface area contributed by atoms with Gasteiger partial charge in [0, 0.05) is 18.5 Å². The summed E-state index contributed by atoms with van der Waals surface area (Å²) in [6.07, 6.45) is 1.52. The Labute approximate surface area is 223 Å². The maximum atomic E-state index is 13.8. The predicted molar refractivity (Wildman–Crippen MR) is 140 cm³/mol. The first-order valence-corrected chi connectivity index (χ1v) is 13.2. The molecule has 2 aromatic rings. The Morgan fingerprint density at radius 1 is 1.03 bits per heavy atom. The molecule has 4 rings (SSSR count). The van der Waals surface area contributed by atoms with Gasteiger partial charge in [-0.3, -0.25) is 9.59 Å². The van der Waals surface area contributed by atoms with Crippen LogP contribution >= 0.6 is 0 Å². The van der Waals surface area contributed by atoms with E-state index in [0.717, 1.165) is 13.0 Å². The van der Waals surface area contributed by atoms with Gasteiger partial charge in [0.1, 0.15) is 13.2 Å². The SMILES string of the molecule is CCCOc1ccc(C2C(=C([O-])c3ccc4c(c3)OCCO4)C(=O)C(=O)N2CCC[NH+](C)C)cc1OCC. The van der Waals surface area contributed by atoms with Crippen molar-refractivity contribution in [2.24, 2.45) is 0 Å². The number of likely N-dealkylation sites (tertiary alicyclic amines) is 1. The van der Waals surface area contributed by atoms with Crippen molar-refractivity contribution >= 4 is 17.4 Å². The van der Waals surface area contributed by atoms with E-state index in [1.54, 1.807) is 36.4 Å². The molecule has 2 heterocycles. The lowest BCUT2D eigenvalue weighted by molar-refractivity contribution is -0.858. The minimum absolute atomic E-state index is 0.0754. The van der Waals surface area contributed by atoms with Crippen molar-refractivity contribution < 1.29 is 38.5 Å². The summed E-state index contributed by atoms with van der Waals surface area (Å²) in [7, 11) is 4.06. The number of benzene rings is 2. The monoisotopic (exact) mass is 524 g/mol. The van der Waals surface area contributed by atoms with Gasteiger partial charge >= 0.3 is 0 Å². The first-order chi connectivity index (χ1) is 18.3. The lowest BCUT2D eigenvalue weighted by atomic mass is 9.94. The first kappa shape index (κ1) is 27.3. The number of Topliss-reactive ketones (excluding diaryl/α,β-unsaturated/α-hetero) is 1. The summed E-state index contributed by atoms with van der Waals surface area (Å²) in [6, 6.07) is 9.33. The van der Waals surface area contributed by atoms with Gasteiger partial charge in [-0.15, -0.1) is 0 Å². The van der Waals surface area contributed by atoms with Gasteiger partial charge in [0.2, 0.25) is 5.78 Å². The summed E-state index contributed by atoms with van der Waals surface area (Å²) >= 11 is 0. The van der Waals surface area contributed by atoms with Crippen molar-refractivity contribution in [3.63, 3.8) is 0 Å². The number of ketones is 1. The van der Waals surface area contributed by atoms with Crippen molar-refractivity contribution in [2.45, 2.75) is 32.7 Å². The maximum absolute atomic E-state index is 13.8. The molecule has 9 heteroatoms. The molecule has 2 aliphatic heterocycles. The second kappa shape index (κ2) is 12.2. The van der Waals surface area contributed by atoms with Gasteiger partial charge in [-0.05, 0) is 48.7 Å². The Balaban J connectivity index is 1.80. The third-order valence-electron chi connectivity index (χ3n) is 6.45. The Hall–Kier alpha value is -3.72. The van der Waals surface area contributed by atoms with Crippen LogP contribution in [0.4, 0.5) is 0 Å². The Morgan fingerprint density at radius 2 is 1.79 bits per heavy atom. The molecule has 9 nitrogen and oxygen atoms in total. The number of nitrogens with one attached hydrogen (secondary N) is 1. The van der Waals surface area contributed by atoms with E-state index in [9.17, 15) is 14.7 Å². The molecule has 1 fully saturated rings. The Morgan fingerprint density at radius 3 is 2.50 bits per heavy atom. The number of hydrogen-bond donors (Lipinski definition) is 1. The number of quaternary nitrogens is 1. The highest BCUT2D eigenvalue weighted by Gasteiger charge is 2.44. The molecular weight excluding hydrogens is 488 g/mol. The molecule has 204 valence electrons. The number of ether oxygens (including phenoxy) is 4. The van der Waals surface area contributed by atoms with Gasteiger partial charge in [0.15, 0.2) is 23.0 Å². The van der Waals surface area contributed by atoms with Crippen LogP contribution in [-0.2, 0) is 9.59 Å². The number of carbonyl (C=O) groups is 2. The molecule has 1 unspecified atom stereocenters. The zero-order valence-corrected chi connectivity index (χ0v) is 22.5. The minimum atomic E-state index is -0.840. The van der Waals surface area contributed by atoms with Crippen molar-refractivity contribution in [1.82, 2.24) is 4.90 Å². The molecule has 1 atom stereocenters. The molecule has 0 aromatic heterocycles. The molecular formula is C29H36N2O7. The van der Waals surface area contributed by atoms with E-state index in [4.69, 9.17) is 18.9 Å². The topological polar surface area (TPSA) is 102 Å². The minimum Gasteiger partial charge on any atom is -0.872 e. The second-order valence-corrected chi connectivity index (χ2v) is 9.63. The van der Waals surface area contributed by atoms with Gasteiger partial charge in [-0.2, -0.15) is 0 Å². The predicted octanol–water partition coefficient (Wildman–Crippen LogP) is 1.40. The van der Waals surface area contributed by atoms with Gasteiger partial charge in [0.05, 0.1) is 39.9 Å². The number of hydrogen-bond acceptors (Lipinski definition) is 7. The molecule has 0 spiro atoms. The van der Waals surface area contributed by atoms with Crippen LogP contribution in [0.2, 0.25) is 0 Å². The third-order valence-corrected chi connectivity index (χ3v) is 6.45. The Bertz CT molecular complexity index is 1210. The normalized spacial score (nSPS) is 18.2. The number of carbonyl (C=O) groups excluding carboxylic acids is 2. The van der Waals surface area contributed by atoms with Crippen LogP contribution in [-0.4, -0.2) is 70.2 Å². The fraction of sp³-hybridized carbons (Fsp3) is 0.448. The van der Waals surface area contributed by atoms with E-state index in [1.165, 1.54) is 9.80 Å². The summed E-state index contributed by atoms with van der Waals surface area (Å²) in [4.78, 5) is 29.3. The van der Waals surface area contributed by atoms with Crippen LogP contribution in [0.1, 0.15) is 43.9 Å². The molecule has 0 radical (unpaired) electrons. The van der Waals surface area contributed by atoms with E-state index in [1.807, 2.05) is 27.9 Å². The van der Waals surface area contributed by atoms with Crippen LogP contribution in [0.25, 0.3) is 5.76 Å². The van der Waals surface area contributed by atoms with E-state index in [-0.39, 0.29) is 11.1 Å². The number of fused-ring (bicyclic) bond motifs is 1. The molecule has 1 N–H and O–H groups in total. The molecule has 1 saturated heterocycles. The smallest absolute Gasteiger partial charge is 0.295 e. The fourth-order valence-corrected chi connectivity index (χ4v) is 4.68. The maximum Gasteiger partial charge on any atom is 0.295 e. The highest BCUT2D eigenvalue weighted by molar-refractivity contribution is 6.46. The highest BCUT2D eigenvalue weighted by Crippen LogP contribution is 2.42. The lowest BCUT2D eigenvalue weighted by Crippen LogP contribution is -3.05.